The lowest BCUT2D eigenvalue weighted by Gasteiger charge is -2.29. The number of rotatable bonds is 3. The molecule has 0 spiro atoms. The number of nitrogens with zero attached hydrogens (tertiary/aromatic N) is 2. The van der Waals surface area contributed by atoms with Gasteiger partial charge in [0.15, 0.2) is 5.16 Å². The van der Waals surface area contributed by atoms with Crippen LogP contribution in [-0.4, -0.2) is 27.3 Å². The smallest absolute Gasteiger partial charge is 0.254 e. The third-order valence-corrected chi connectivity index (χ3v) is 5.79. The predicted octanol–water partition coefficient (Wildman–Crippen LogP) is 2.28. The third-order valence-electron chi connectivity index (χ3n) is 4.70. The van der Waals surface area contributed by atoms with Gasteiger partial charge in [-0.3, -0.25) is 14.2 Å². The molecule has 0 radical (unpaired) electrons. The molecule has 3 unspecified atom stereocenters. The second kappa shape index (κ2) is 6.44. The minimum Gasteiger partial charge on any atom is -0.353 e. The molecule has 1 aromatic rings. The van der Waals surface area contributed by atoms with Crippen LogP contribution in [0.4, 0.5) is 0 Å². The lowest BCUT2D eigenvalue weighted by molar-refractivity contribution is -0.123. The van der Waals surface area contributed by atoms with Crippen molar-refractivity contribution in [1.29, 1.82) is 0 Å². The van der Waals surface area contributed by atoms with Crippen LogP contribution < -0.4 is 10.9 Å². The van der Waals surface area contributed by atoms with E-state index in [1.807, 2.05) is 6.92 Å². The summed E-state index contributed by atoms with van der Waals surface area (Å²) in [5, 5.41) is 3.92. The Hall–Kier alpha value is -1.30. The van der Waals surface area contributed by atoms with Gasteiger partial charge in [0, 0.05) is 30.0 Å². The fourth-order valence-corrected chi connectivity index (χ4v) is 4.62. The van der Waals surface area contributed by atoms with Gasteiger partial charge in [-0.1, -0.05) is 31.5 Å². The van der Waals surface area contributed by atoms with Crippen LogP contribution in [0.25, 0.3) is 0 Å². The fraction of sp³-hybridized carbons (Fsp3) is 0.688. The molecular weight excluding hydrogens is 298 g/mol. The molecule has 1 amide bonds. The molecule has 1 fully saturated rings. The molecule has 1 aliphatic carbocycles. The first kappa shape index (κ1) is 15.6. The van der Waals surface area contributed by atoms with Crippen molar-refractivity contribution in [2.45, 2.75) is 63.2 Å². The molecule has 22 heavy (non-hydrogen) atoms. The number of thioether (sulfide) groups is 1. The second-order valence-electron chi connectivity index (χ2n) is 6.49. The lowest BCUT2D eigenvalue weighted by atomic mass is 9.86. The van der Waals surface area contributed by atoms with Gasteiger partial charge in [-0.2, -0.15) is 0 Å². The highest BCUT2D eigenvalue weighted by Crippen LogP contribution is 2.32. The van der Waals surface area contributed by atoms with Crippen LogP contribution in [0, 0.1) is 12.8 Å². The summed E-state index contributed by atoms with van der Waals surface area (Å²) >= 11 is 1.56. The maximum atomic E-state index is 12.3. The number of hydrogen-bond acceptors (Lipinski definition) is 4. The van der Waals surface area contributed by atoms with Crippen molar-refractivity contribution >= 4 is 17.7 Å². The van der Waals surface area contributed by atoms with Crippen molar-refractivity contribution < 1.29 is 4.79 Å². The highest BCUT2D eigenvalue weighted by molar-refractivity contribution is 7.99. The van der Waals surface area contributed by atoms with E-state index in [2.05, 4.69) is 17.2 Å². The average molecular weight is 321 g/mol. The molecule has 0 saturated heterocycles. The summed E-state index contributed by atoms with van der Waals surface area (Å²) in [5.74, 6) is 1.36. The van der Waals surface area contributed by atoms with Crippen molar-refractivity contribution in [3.8, 4) is 0 Å². The molecule has 2 aliphatic rings. The number of fused-ring (bicyclic) bond motifs is 1. The molecule has 1 saturated carbocycles. The number of nitrogens with one attached hydrogen (secondary N) is 1. The molecule has 6 heteroatoms. The van der Waals surface area contributed by atoms with Gasteiger partial charge in [0.1, 0.15) is 0 Å². The largest absolute Gasteiger partial charge is 0.353 e. The molecular formula is C16H23N3O2S. The molecule has 3 atom stereocenters. The van der Waals surface area contributed by atoms with Gasteiger partial charge in [0.05, 0.1) is 6.04 Å². The van der Waals surface area contributed by atoms with Gasteiger partial charge in [-0.25, -0.2) is 4.98 Å². The number of hydrogen-bond donors (Lipinski definition) is 1. The molecule has 0 bridgehead atoms. The summed E-state index contributed by atoms with van der Waals surface area (Å²) in [7, 11) is 0. The van der Waals surface area contributed by atoms with Crippen molar-refractivity contribution in [1.82, 2.24) is 14.9 Å². The molecule has 1 aliphatic heterocycles. The van der Waals surface area contributed by atoms with Gasteiger partial charge in [-0.05, 0) is 25.7 Å². The lowest BCUT2D eigenvalue weighted by Crippen LogP contribution is -2.42. The molecule has 1 aromatic heterocycles. The molecule has 2 heterocycles. The van der Waals surface area contributed by atoms with Gasteiger partial charge in [0.2, 0.25) is 5.91 Å². The predicted molar refractivity (Wildman–Crippen MR) is 87.2 cm³/mol. The Balaban J connectivity index is 1.66. The Bertz CT molecular complexity index is 628. The zero-order chi connectivity index (χ0) is 15.7. The van der Waals surface area contributed by atoms with Crippen molar-refractivity contribution in [3.05, 3.63) is 22.1 Å². The number of amides is 1. The van der Waals surface area contributed by atoms with Gasteiger partial charge in [0.25, 0.3) is 5.56 Å². The van der Waals surface area contributed by atoms with Gasteiger partial charge < -0.3 is 5.32 Å². The zero-order valence-electron chi connectivity index (χ0n) is 13.2. The Labute approximate surface area is 134 Å². The highest BCUT2D eigenvalue weighted by atomic mass is 32.2. The Kier molecular flexibility index (Phi) is 4.57. The quantitative estimate of drug-likeness (QED) is 0.868. The summed E-state index contributed by atoms with van der Waals surface area (Å²) in [6.07, 6.45) is 5.09. The van der Waals surface area contributed by atoms with E-state index in [4.69, 9.17) is 0 Å². The Morgan fingerprint density at radius 1 is 1.45 bits per heavy atom. The number of carbonyl (C=O) groups is 1. The van der Waals surface area contributed by atoms with Crippen LogP contribution in [0.3, 0.4) is 0 Å². The van der Waals surface area contributed by atoms with E-state index in [1.165, 1.54) is 19.3 Å². The van der Waals surface area contributed by atoms with Gasteiger partial charge in [-0.15, -0.1) is 0 Å². The van der Waals surface area contributed by atoms with E-state index < -0.39 is 0 Å². The monoisotopic (exact) mass is 321 g/mol. The van der Waals surface area contributed by atoms with Crippen molar-refractivity contribution in [3.63, 3.8) is 0 Å². The molecule has 3 rings (SSSR count). The maximum Gasteiger partial charge on any atom is 0.254 e. The summed E-state index contributed by atoms with van der Waals surface area (Å²) < 4.78 is 1.68. The number of aromatic nitrogens is 2. The average Bonchev–Trinajstić information content (AvgIpc) is 2.84. The van der Waals surface area contributed by atoms with E-state index in [0.29, 0.717) is 18.4 Å². The standard InChI is InChI=1S/C16H23N3O2S/c1-10-5-3-4-6-13(10)18-14(20)8-12-9-22-16-17-11(2)7-15(21)19(12)16/h7,10,12-13H,3-6,8-9H2,1-2H3,(H,18,20). The van der Waals surface area contributed by atoms with E-state index in [-0.39, 0.29) is 17.5 Å². The summed E-state index contributed by atoms with van der Waals surface area (Å²) in [5.41, 5.74) is 0.696. The maximum absolute atomic E-state index is 12.3. The molecule has 0 aromatic carbocycles. The molecule has 1 N–H and O–H groups in total. The first-order chi connectivity index (χ1) is 10.5. The van der Waals surface area contributed by atoms with E-state index in [9.17, 15) is 9.59 Å². The Morgan fingerprint density at radius 2 is 2.23 bits per heavy atom. The normalized spacial score (nSPS) is 27.5. The van der Waals surface area contributed by atoms with Crippen LogP contribution in [0.15, 0.2) is 16.0 Å². The zero-order valence-corrected chi connectivity index (χ0v) is 14.0. The SMILES string of the molecule is Cc1cc(=O)n2c(n1)SCC2CC(=O)NC1CCCCC1C. The van der Waals surface area contributed by atoms with Crippen molar-refractivity contribution in [2.24, 2.45) is 5.92 Å². The van der Waals surface area contributed by atoms with E-state index >= 15 is 0 Å². The highest BCUT2D eigenvalue weighted by Gasteiger charge is 2.29. The van der Waals surface area contributed by atoms with E-state index in [0.717, 1.165) is 23.0 Å². The third kappa shape index (κ3) is 3.21. The molecule has 5 nitrogen and oxygen atoms in total. The van der Waals surface area contributed by atoms with Crippen LogP contribution >= 0.6 is 11.8 Å². The topological polar surface area (TPSA) is 64.0 Å². The minimum absolute atomic E-state index is 0.0451. The second-order valence-corrected chi connectivity index (χ2v) is 7.48. The summed E-state index contributed by atoms with van der Waals surface area (Å²) in [6.45, 7) is 4.04. The van der Waals surface area contributed by atoms with Crippen LogP contribution in [-0.2, 0) is 4.79 Å². The van der Waals surface area contributed by atoms with E-state index in [1.54, 1.807) is 22.4 Å². The summed E-state index contributed by atoms with van der Waals surface area (Å²) in [4.78, 5) is 28.9. The van der Waals surface area contributed by atoms with Crippen LogP contribution in [0.1, 0.15) is 50.8 Å². The Morgan fingerprint density at radius 3 is 3.00 bits per heavy atom. The van der Waals surface area contributed by atoms with Crippen LogP contribution in [0.2, 0.25) is 0 Å². The summed E-state index contributed by atoms with van der Waals surface area (Å²) in [6, 6.07) is 1.77. The number of carbonyl (C=O) groups excluding carboxylic acids is 1. The van der Waals surface area contributed by atoms with Gasteiger partial charge >= 0.3 is 0 Å². The first-order valence-electron chi connectivity index (χ1n) is 8.07. The fourth-order valence-electron chi connectivity index (χ4n) is 3.42. The van der Waals surface area contributed by atoms with Crippen molar-refractivity contribution in [2.75, 3.05) is 5.75 Å². The van der Waals surface area contributed by atoms with Crippen LogP contribution in [0.5, 0.6) is 0 Å². The minimum atomic E-state index is -0.0699. The number of aryl methyl sites for hydroxylation is 1. The molecule has 120 valence electrons. The first-order valence-corrected chi connectivity index (χ1v) is 9.05.